The van der Waals surface area contributed by atoms with Crippen molar-refractivity contribution < 1.29 is 0 Å². The summed E-state index contributed by atoms with van der Waals surface area (Å²) in [5.74, 6) is 2.05. The molecule has 0 bridgehead atoms. The summed E-state index contributed by atoms with van der Waals surface area (Å²) in [6, 6.07) is 0. The predicted molar refractivity (Wildman–Crippen MR) is 69.8 cm³/mol. The standard InChI is InChI=1S/C12H21N5/c1-10-2-7-17(8-3-10)9-6-16-12-11(13)14-4-5-15-12/h4-5,10H,2-3,6-9H2,1H3,(H2,13,14)(H,15,16). The molecule has 1 aliphatic rings. The van der Waals surface area contributed by atoms with Crippen molar-refractivity contribution in [3.8, 4) is 0 Å². The Labute approximate surface area is 102 Å². The van der Waals surface area contributed by atoms with E-state index in [4.69, 9.17) is 5.73 Å². The minimum Gasteiger partial charge on any atom is -0.381 e. The first-order valence-electron chi connectivity index (χ1n) is 6.28. The SMILES string of the molecule is CC1CCN(CCNc2nccnc2N)CC1. The number of hydrogen-bond donors (Lipinski definition) is 2. The van der Waals surface area contributed by atoms with Gasteiger partial charge in [-0.1, -0.05) is 6.92 Å². The van der Waals surface area contributed by atoms with Gasteiger partial charge >= 0.3 is 0 Å². The molecule has 1 aromatic rings. The van der Waals surface area contributed by atoms with Crippen molar-refractivity contribution in [2.45, 2.75) is 19.8 Å². The molecule has 94 valence electrons. The summed E-state index contributed by atoms with van der Waals surface area (Å²) in [5, 5.41) is 3.23. The molecular weight excluding hydrogens is 214 g/mol. The van der Waals surface area contributed by atoms with Crippen LogP contribution in [0.5, 0.6) is 0 Å². The number of nitrogens with one attached hydrogen (secondary N) is 1. The van der Waals surface area contributed by atoms with E-state index in [-0.39, 0.29) is 0 Å². The van der Waals surface area contributed by atoms with Gasteiger partial charge in [0.05, 0.1) is 0 Å². The molecule has 0 aliphatic carbocycles. The fourth-order valence-corrected chi connectivity index (χ4v) is 2.10. The summed E-state index contributed by atoms with van der Waals surface area (Å²) in [5.41, 5.74) is 5.71. The van der Waals surface area contributed by atoms with E-state index in [1.54, 1.807) is 12.4 Å². The summed E-state index contributed by atoms with van der Waals surface area (Å²) in [6.45, 7) is 6.66. The molecule has 3 N–H and O–H groups in total. The molecule has 0 spiro atoms. The maximum absolute atomic E-state index is 5.71. The lowest BCUT2D eigenvalue weighted by Gasteiger charge is -2.30. The zero-order valence-corrected chi connectivity index (χ0v) is 10.4. The van der Waals surface area contributed by atoms with Crippen LogP contribution >= 0.6 is 0 Å². The van der Waals surface area contributed by atoms with E-state index in [1.807, 2.05) is 0 Å². The molecule has 2 heterocycles. The first kappa shape index (κ1) is 12.1. The summed E-state index contributed by atoms with van der Waals surface area (Å²) in [7, 11) is 0. The maximum Gasteiger partial charge on any atom is 0.168 e. The van der Waals surface area contributed by atoms with Gasteiger partial charge in [0.25, 0.3) is 0 Å². The second-order valence-electron chi connectivity index (χ2n) is 4.74. The zero-order chi connectivity index (χ0) is 12.1. The van der Waals surface area contributed by atoms with Crippen molar-refractivity contribution in [3.63, 3.8) is 0 Å². The predicted octanol–water partition coefficient (Wildman–Crippen LogP) is 1.20. The molecule has 0 saturated carbocycles. The maximum atomic E-state index is 5.71. The summed E-state index contributed by atoms with van der Waals surface area (Å²) < 4.78 is 0. The number of rotatable bonds is 4. The van der Waals surface area contributed by atoms with E-state index in [2.05, 4.69) is 27.1 Å². The third-order valence-electron chi connectivity index (χ3n) is 3.32. The van der Waals surface area contributed by atoms with E-state index < -0.39 is 0 Å². The van der Waals surface area contributed by atoms with E-state index in [9.17, 15) is 0 Å². The van der Waals surface area contributed by atoms with E-state index >= 15 is 0 Å². The van der Waals surface area contributed by atoms with Gasteiger partial charge < -0.3 is 16.0 Å². The zero-order valence-electron chi connectivity index (χ0n) is 10.4. The Morgan fingerprint density at radius 3 is 2.76 bits per heavy atom. The molecule has 1 aromatic heterocycles. The number of aromatic nitrogens is 2. The first-order chi connectivity index (χ1) is 8.25. The molecule has 5 heteroatoms. The van der Waals surface area contributed by atoms with E-state index in [0.717, 1.165) is 19.0 Å². The Morgan fingerprint density at radius 1 is 1.35 bits per heavy atom. The summed E-state index contributed by atoms with van der Waals surface area (Å²) in [4.78, 5) is 10.6. The Kier molecular flexibility index (Phi) is 4.14. The van der Waals surface area contributed by atoms with Crippen molar-refractivity contribution in [2.24, 2.45) is 5.92 Å². The topological polar surface area (TPSA) is 67.1 Å². The van der Waals surface area contributed by atoms with Crippen LogP contribution in [0, 0.1) is 5.92 Å². The van der Waals surface area contributed by atoms with Crippen LogP contribution in [0.15, 0.2) is 12.4 Å². The minimum absolute atomic E-state index is 0.472. The molecule has 17 heavy (non-hydrogen) atoms. The average molecular weight is 235 g/mol. The van der Waals surface area contributed by atoms with Gasteiger partial charge in [-0.25, -0.2) is 9.97 Å². The van der Waals surface area contributed by atoms with Crippen LogP contribution in [0.2, 0.25) is 0 Å². The molecule has 1 aliphatic heterocycles. The number of nitrogens with two attached hydrogens (primary N) is 1. The van der Waals surface area contributed by atoms with Gasteiger partial charge in [0.2, 0.25) is 0 Å². The first-order valence-corrected chi connectivity index (χ1v) is 6.28. The summed E-state index contributed by atoms with van der Waals surface area (Å²) >= 11 is 0. The normalized spacial score (nSPS) is 18.2. The number of nitrogens with zero attached hydrogens (tertiary/aromatic N) is 3. The van der Waals surface area contributed by atoms with Crippen molar-refractivity contribution in [1.82, 2.24) is 14.9 Å². The van der Waals surface area contributed by atoms with Crippen LogP contribution in [0.3, 0.4) is 0 Å². The van der Waals surface area contributed by atoms with Crippen molar-refractivity contribution in [1.29, 1.82) is 0 Å². The van der Waals surface area contributed by atoms with Gasteiger partial charge in [0, 0.05) is 25.5 Å². The number of anilines is 2. The number of nitrogen functional groups attached to an aromatic ring is 1. The van der Waals surface area contributed by atoms with Gasteiger partial charge in [-0.05, 0) is 31.8 Å². The highest BCUT2D eigenvalue weighted by Gasteiger charge is 2.14. The summed E-state index contributed by atoms with van der Waals surface area (Å²) in [6.07, 6.45) is 5.88. The van der Waals surface area contributed by atoms with E-state index in [1.165, 1.54) is 25.9 Å². The second-order valence-corrected chi connectivity index (χ2v) is 4.74. The third kappa shape index (κ3) is 3.56. The quantitative estimate of drug-likeness (QED) is 0.821. The molecule has 1 fully saturated rings. The average Bonchev–Trinajstić information content (AvgIpc) is 2.34. The fourth-order valence-electron chi connectivity index (χ4n) is 2.10. The monoisotopic (exact) mass is 235 g/mol. The molecule has 0 unspecified atom stereocenters. The van der Waals surface area contributed by atoms with Gasteiger partial charge in [-0.3, -0.25) is 0 Å². The molecule has 2 rings (SSSR count). The van der Waals surface area contributed by atoms with Crippen molar-refractivity contribution in [2.75, 3.05) is 37.2 Å². The lowest BCUT2D eigenvalue weighted by Crippen LogP contribution is -2.36. The van der Waals surface area contributed by atoms with Gasteiger partial charge in [0.1, 0.15) is 0 Å². The number of hydrogen-bond acceptors (Lipinski definition) is 5. The Hall–Kier alpha value is -1.36. The Balaban J connectivity index is 1.71. The highest BCUT2D eigenvalue weighted by molar-refractivity contribution is 5.54. The van der Waals surface area contributed by atoms with Crippen LogP contribution < -0.4 is 11.1 Å². The number of likely N-dealkylation sites (tertiary alicyclic amines) is 1. The molecule has 5 nitrogen and oxygen atoms in total. The molecule has 0 radical (unpaired) electrons. The van der Waals surface area contributed by atoms with Crippen molar-refractivity contribution >= 4 is 11.6 Å². The largest absolute Gasteiger partial charge is 0.381 e. The van der Waals surface area contributed by atoms with Crippen LogP contribution in [0.4, 0.5) is 11.6 Å². The Morgan fingerprint density at radius 2 is 2.06 bits per heavy atom. The third-order valence-corrected chi connectivity index (χ3v) is 3.32. The molecular formula is C12H21N5. The van der Waals surface area contributed by atoms with E-state index in [0.29, 0.717) is 11.6 Å². The lowest BCUT2D eigenvalue weighted by molar-refractivity contribution is 0.199. The van der Waals surface area contributed by atoms with Gasteiger partial charge in [0.15, 0.2) is 11.6 Å². The molecule has 0 atom stereocenters. The number of piperidine rings is 1. The van der Waals surface area contributed by atoms with Crippen LogP contribution in [0.1, 0.15) is 19.8 Å². The smallest absolute Gasteiger partial charge is 0.168 e. The van der Waals surface area contributed by atoms with Crippen LogP contribution in [-0.2, 0) is 0 Å². The van der Waals surface area contributed by atoms with Crippen LogP contribution in [0.25, 0.3) is 0 Å². The van der Waals surface area contributed by atoms with Gasteiger partial charge in [-0.15, -0.1) is 0 Å². The Bertz CT molecular complexity index is 347. The molecule has 0 amide bonds. The second kappa shape index (κ2) is 5.82. The highest BCUT2D eigenvalue weighted by Crippen LogP contribution is 2.15. The minimum atomic E-state index is 0.472. The molecule has 0 aromatic carbocycles. The molecule has 1 saturated heterocycles. The lowest BCUT2D eigenvalue weighted by atomic mass is 9.99. The van der Waals surface area contributed by atoms with Crippen molar-refractivity contribution in [3.05, 3.63) is 12.4 Å². The highest BCUT2D eigenvalue weighted by atomic mass is 15.2. The van der Waals surface area contributed by atoms with Crippen LogP contribution in [-0.4, -0.2) is 41.0 Å². The fraction of sp³-hybridized carbons (Fsp3) is 0.667. The van der Waals surface area contributed by atoms with Gasteiger partial charge in [-0.2, -0.15) is 0 Å².